The SMILES string of the molecule is CCCCCC(=O)NC(C=O)C1(C)CCCCC1. The van der Waals surface area contributed by atoms with Gasteiger partial charge in [-0.15, -0.1) is 0 Å². The van der Waals surface area contributed by atoms with Crippen molar-refractivity contribution >= 4 is 12.2 Å². The van der Waals surface area contributed by atoms with Gasteiger partial charge in [-0.1, -0.05) is 46.0 Å². The van der Waals surface area contributed by atoms with Crippen LogP contribution in [0.4, 0.5) is 0 Å². The Bertz CT molecular complexity index is 270. The van der Waals surface area contributed by atoms with Crippen molar-refractivity contribution in [2.75, 3.05) is 0 Å². The highest BCUT2D eigenvalue weighted by atomic mass is 16.2. The van der Waals surface area contributed by atoms with Gasteiger partial charge in [0.15, 0.2) is 0 Å². The van der Waals surface area contributed by atoms with Crippen LogP contribution < -0.4 is 5.32 Å². The fourth-order valence-electron chi connectivity index (χ4n) is 2.82. The van der Waals surface area contributed by atoms with E-state index in [0.717, 1.165) is 38.4 Å². The van der Waals surface area contributed by atoms with E-state index in [0.29, 0.717) is 6.42 Å². The zero-order chi connectivity index (χ0) is 13.4. The minimum absolute atomic E-state index is 0.0274. The normalized spacial score (nSPS) is 20.1. The minimum Gasteiger partial charge on any atom is -0.346 e. The van der Waals surface area contributed by atoms with Crippen molar-refractivity contribution in [1.29, 1.82) is 0 Å². The smallest absolute Gasteiger partial charge is 0.220 e. The maximum Gasteiger partial charge on any atom is 0.220 e. The van der Waals surface area contributed by atoms with Gasteiger partial charge in [-0.3, -0.25) is 4.79 Å². The van der Waals surface area contributed by atoms with Crippen LogP contribution >= 0.6 is 0 Å². The molecule has 0 bridgehead atoms. The molecular weight excluding hydrogens is 226 g/mol. The number of hydrogen-bond acceptors (Lipinski definition) is 2. The van der Waals surface area contributed by atoms with Crippen molar-refractivity contribution < 1.29 is 9.59 Å². The third kappa shape index (κ3) is 4.43. The van der Waals surface area contributed by atoms with Crippen molar-refractivity contribution in [3.8, 4) is 0 Å². The molecule has 0 saturated heterocycles. The van der Waals surface area contributed by atoms with E-state index in [1.165, 1.54) is 19.3 Å². The number of carbonyl (C=O) groups is 2. The summed E-state index contributed by atoms with van der Waals surface area (Å²) in [4.78, 5) is 23.1. The summed E-state index contributed by atoms with van der Waals surface area (Å²) in [6.45, 7) is 4.26. The number of amides is 1. The molecule has 104 valence electrons. The topological polar surface area (TPSA) is 46.2 Å². The lowest BCUT2D eigenvalue weighted by molar-refractivity contribution is -0.126. The third-order valence-electron chi connectivity index (χ3n) is 4.21. The highest BCUT2D eigenvalue weighted by molar-refractivity contribution is 5.79. The number of rotatable bonds is 7. The highest BCUT2D eigenvalue weighted by Crippen LogP contribution is 2.38. The summed E-state index contributed by atoms with van der Waals surface area (Å²) in [6, 6.07) is -0.299. The summed E-state index contributed by atoms with van der Waals surface area (Å²) in [5.74, 6) is 0.0346. The molecule has 1 atom stereocenters. The average Bonchev–Trinajstić information content (AvgIpc) is 2.37. The Kier molecular flexibility index (Phi) is 6.37. The average molecular weight is 253 g/mol. The van der Waals surface area contributed by atoms with Crippen LogP contribution in [0.5, 0.6) is 0 Å². The Hall–Kier alpha value is -0.860. The molecule has 1 fully saturated rings. The molecule has 0 radical (unpaired) electrons. The molecule has 0 heterocycles. The van der Waals surface area contributed by atoms with Gasteiger partial charge in [0.2, 0.25) is 5.91 Å². The van der Waals surface area contributed by atoms with Crippen molar-refractivity contribution in [3.05, 3.63) is 0 Å². The van der Waals surface area contributed by atoms with Gasteiger partial charge >= 0.3 is 0 Å². The van der Waals surface area contributed by atoms with Crippen LogP contribution in [0, 0.1) is 5.41 Å². The van der Waals surface area contributed by atoms with E-state index < -0.39 is 0 Å². The van der Waals surface area contributed by atoms with Crippen molar-refractivity contribution in [1.82, 2.24) is 5.32 Å². The third-order valence-corrected chi connectivity index (χ3v) is 4.21. The van der Waals surface area contributed by atoms with Gasteiger partial charge in [-0.2, -0.15) is 0 Å². The maximum absolute atomic E-state index is 11.8. The summed E-state index contributed by atoms with van der Waals surface area (Å²) < 4.78 is 0. The monoisotopic (exact) mass is 253 g/mol. The van der Waals surface area contributed by atoms with Crippen molar-refractivity contribution in [2.45, 2.75) is 77.7 Å². The Balaban J connectivity index is 2.45. The van der Waals surface area contributed by atoms with Crippen LogP contribution in [-0.2, 0) is 9.59 Å². The lowest BCUT2D eigenvalue weighted by Crippen LogP contribution is -2.48. The molecule has 0 aliphatic heterocycles. The molecule has 1 N–H and O–H groups in total. The van der Waals surface area contributed by atoms with Crippen LogP contribution in [0.15, 0.2) is 0 Å². The van der Waals surface area contributed by atoms with Gasteiger partial charge in [0.05, 0.1) is 6.04 Å². The Morgan fingerprint density at radius 2 is 1.94 bits per heavy atom. The summed E-state index contributed by atoms with van der Waals surface area (Å²) >= 11 is 0. The van der Waals surface area contributed by atoms with Gasteiger partial charge < -0.3 is 10.1 Å². The molecule has 0 aromatic rings. The molecule has 0 aromatic heterocycles. The predicted octanol–water partition coefficient (Wildman–Crippen LogP) is 3.22. The van der Waals surface area contributed by atoms with E-state index in [2.05, 4.69) is 19.2 Å². The number of nitrogens with one attached hydrogen (secondary N) is 1. The van der Waals surface area contributed by atoms with Crippen LogP contribution in [0.1, 0.15) is 71.6 Å². The van der Waals surface area contributed by atoms with E-state index in [4.69, 9.17) is 0 Å². The number of carbonyl (C=O) groups excluding carboxylic acids is 2. The number of unbranched alkanes of at least 4 members (excludes halogenated alkanes) is 2. The summed E-state index contributed by atoms with van der Waals surface area (Å²) in [6.07, 6.45) is 10.3. The fraction of sp³-hybridized carbons (Fsp3) is 0.867. The summed E-state index contributed by atoms with van der Waals surface area (Å²) in [5.41, 5.74) is -0.0274. The first-order valence-corrected chi connectivity index (χ1v) is 7.37. The first-order chi connectivity index (χ1) is 8.62. The van der Waals surface area contributed by atoms with Crippen LogP contribution in [0.25, 0.3) is 0 Å². The molecule has 1 amide bonds. The second kappa shape index (κ2) is 7.55. The summed E-state index contributed by atoms with van der Waals surface area (Å²) in [5, 5.41) is 2.93. The molecular formula is C15H27NO2. The molecule has 1 unspecified atom stereocenters. The first-order valence-electron chi connectivity index (χ1n) is 7.37. The molecule has 0 spiro atoms. The minimum atomic E-state index is -0.299. The molecule has 18 heavy (non-hydrogen) atoms. The maximum atomic E-state index is 11.8. The van der Waals surface area contributed by atoms with Crippen LogP contribution in [0.3, 0.4) is 0 Å². The Labute approximate surface area is 111 Å². The molecule has 1 aliphatic carbocycles. The Morgan fingerprint density at radius 3 is 2.50 bits per heavy atom. The standard InChI is InChI=1S/C15H27NO2/c1-3-4-6-9-14(18)16-13(12-17)15(2)10-7-5-8-11-15/h12-13H,3-11H2,1-2H3,(H,16,18). The zero-order valence-electron chi connectivity index (χ0n) is 11.8. The zero-order valence-corrected chi connectivity index (χ0v) is 11.8. The van der Waals surface area contributed by atoms with E-state index in [9.17, 15) is 9.59 Å². The molecule has 1 rings (SSSR count). The van der Waals surface area contributed by atoms with Gasteiger partial charge in [0.25, 0.3) is 0 Å². The highest BCUT2D eigenvalue weighted by Gasteiger charge is 2.36. The van der Waals surface area contributed by atoms with Gasteiger partial charge in [0.1, 0.15) is 6.29 Å². The second-order valence-electron chi connectivity index (χ2n) is 5.85. The number of hydrogen-bond donors (Lipinski definition) is 1. The van der Waals surface area contributed by atoms with E-state index in [-0.39, 0.29) is 17.4 Å². The van der Waals surface area contributed by atoms with Crippen LogP contribution in [0.2, 0.25) is 0 Å². The van der Waals surface area contributed by atoms with E-state index in [1.807, 2.05) is 0 Å². The molecule has 0 aromatic carbocycles. The molecule has 3 nitrogen and oxygen atoms in total. The van der Waals surface area contributed by atoms with Gasteiger partial charge in [-0.05, 0) is 24.7 Å². The van der Waals surface area contributed by atoms with Crippen molar-refractivity contribution in [2.24, 2.45) is 5.41 Å². The van der Waals surface area contributed by atoms with E-state index >= 15 is 0 Å². The largest absolute Gasteiger partial charge is 0.346 e. The quantitative estimate of drug-likeness (QED) is 0.559. The lowest BCUT2D eigenvalue weighted by Gasteiger charge is -2.38. The second-order valence-corrected chi connectivity index (χ2v) is 5.85. The summed E-state index contributed by atoms with van der Waals surface area (Å²) in [7, 11) is 0. The lowest BCUT2D eigenvalue weighted by atomic mass is 9.71. The van der Waals surface area contributed by atoms with Crippen molar-refractivity contribution in [3.63, 3.8) is 0 Å². The number of aldehydes is 1. The predicted molar refractivity (Wildman–Crippen MR) is 73.3 cm³/mol. The molecule has 3 heteroatoms. The Morgan fingerprint density at radius 1 is 1.28 bits per heavy atom. The van der Waals surface area contributed by atoms with Gasteiger partial charge in [-0.25, -0.2) is 0 Å². The van der Waals surface area contributed by atoms with Gasteiger partial charge in [0, 0.05) is 6.42 Å². The van der Waals surface area contributed by atoms with Crippen LogP contribution in [-0.4, -0.2) is 18.2 Å². The fourth-order valence-corrected chi connectivity index (χ4v) is 2.82. The molecule has 1 saturated carbocycles. The molecule has 1 aliphatic rings. The van der Waals surface area contributed by atoms with E-state index in [1.54, 1.807) is 0 Å². The first kappa shape index (κ1) is 15.2.